The highest BCUT2D eigenvalue weighted by atomic mass is 32.3. The molecule has 0 unspecified atom stereocenters. The number of aromatic nitrogens is 4. The SMILES string of the molecule is COS(=O)(=O)OC.COS(=O)(=O)[O-].C[N+](=O)[O-].Cn1c(C(F)(F)F)[n+](C)c2ccc([N+](=O)[O-])cc21.Cn1c(C(F)(F)F)nc2ccccc21. The highest BCUT2D eigenvalue weighted by Gasteiger charge is 2.45. The van der Waals surface area contributed by atoms with E-state index in [9.17, 15) is 57.8 Å². The van der Waals surface area contributed by atoms with Crippen LogP contribution in [0.4, 0.5) is 32.0 Å². The molecule has 26 heteroatoms. The smallest absolute Gasteiger partial charge is 0.495 e. The third kappa shape index (κ3) is 14.3. The molecule has 0 atom stereocenters. The Morgan fingerprint density at radius 1 is 0.816 bits per heavy atom. The maximum absolute atomic E-state index is 12.8. The molecule has 49 heavy (non-hydrogen) atoms. The van der Waals surface area contributed by atoms with E-state index in [1.54, 1.807) is 24.3 Å². The first-order valence-corrected chi connectivity index (χ1v) is 15.0. The molecule has 0 bridgehead atoms. The Morgan fingerprint density at radius 3 is 1.63 bits per heavy atom. The van der Waals surface area contributed by atoms with Crippen LogP contribution in [0.1, 0.15) is 11.6 Å². The zero-order valence-electron chi connectivity index (χ0n) is 26.2. The summed E-state index contributed by atoms with van der Waals surface area (Å²) in [5, 5.41) is 19.4. The second-order valence-corrected chi connectivity index (χ2v) is 11.2. The first kappa shape index (κ1) is 44.5. The molecule has 0 aliphatic carbocycles. The number of fused-ring (bicyclic) bond motifs is 2. The Balaban J connectivity index is 0.000000656. The van der Waals surface area contributed by atoms with Crippen molar-refractivity contribution in [3.05, 3.63) is 74.3 Å². The first-order valence-electron chi connectivity index (χ1n) is 12.3. The van der Waals surface area contributed by atoms with E-state index in [1.165, 1.54) is 33.3 Å². The van der Waals surface area contributed by atoms with Crippen LogP contribution in [0.3, 0.4) is 0 Å². The van der Waals surface area contributed by atoms with Gasteiger partial charge in [0.2, 0.25) is 16.2 Å². The van der Waals surface area contributed by atoms with E-state index in [2.05, 4.69) is 17.5 Å². The second-order valence-electron chi connectivity index (χ2n) is 8.61. The Kier molecular flexibility index (Phi) is 16.1. The van der Waals surface area contributed by atoms with Crippen molar-refractivity contribution in [2.24, 2.45) is 21.1 Å². The summed E-state index contributed by atoms with van der Waals surface area (Å²) >= 11 is 0. The lowest BCUT2D eigenvalue weighted by Gasteiger charge is -2.05. The summed E-state index contributed by atoms with van der Waals surface area (Å²) in [6.45, 7) is 0. The average Bonchev–Trinajstić information content (AvgIpc) is 3.46. The summed E-state index contributed by atoms with van der Waals surface area (Å²) in [5.41, 5.74) is 1.06. The van der Waals surface area contributed by atoms with E-state index in [-0.39, 0.29) is 16.7 Å². The zero-order chi connectivity index (χ0) is 38.7. The van der Waals surface area contributed by atoms with Gasteiger partial charge < -0.3 is 9.12 Å². The molecule has 0 saturated carbocycles. The van der Waals surface area contributed by atoms with E-state index in [0.29, 0.717) is 11.0 Å². The Morgan fingerprint density at radius 2 is 1.29 bits per heavy atom. The summed E-state index contributed by atoms with van der Waals surface area (Å²) in [4.78, 5) is 21.8. The summed E-state index contributed by atoms with van der Waals surface area (Å²) in [5.74, 6) is -1.73. The second kappa shape index (κ2) is 17.8. The molecule has 2 aromatic carbocycles. The van der Waals surface area contributed by atoms with Gasteiger partial charge in [-0.2, -0.15) is 34.8 Å². The maximum Gasteiger partial charge on any atom is 0.495 e. The number of nitrogens with zero attached hydrogens (tertiary/aromatic N) is 6. The van der Waals surface area contributed by atoms with E-state index in [1.807, 2.05) is 0 Å². The van der Waals surface area contributed by atoms with Gasteiger partial charge in [-0.25, -0.2) is 22.5 Å². The Labute approximate surface area is 273 Å². The summed E-state index contributed by atoms with van der Waals surface area (Å²) in [7, 11) is -0.454. The highest BCUT2D eigenvalue weighted by Crippen LogP contribution is 2.31. The van der Waals surface area contributed by atoms with Gasteiger partial charge in [-0.1, -0.05) is 12.1 Å². The summed E-state index contributed by atoms with van der Waals surface area (Å²) in [6, 6.07) is 10.1. The lowest BCUT2D eigenvalue weighted by Crippen LogP contribution is -2.37. The van der Waals surface area contributed by atoms with Crippen LogP contribution in [-0.4, -0.2) is 73.7 Å². The van der Waals surface area contributed by atoms with Gasteiger partial charge in [0.1, 0.15) is 0 Å². The standard InChI is InChI=1S/C10H9F3N3O2.C9H7F3N2.C2H6O4S.CH3NO2.CH4O4S/c1-14-7-4-3-6(16(17)18)5-8(7)15(2)9(14)10(11,12)13;1-14-7-5-3-2-4-6(7)13-8(14)9(10,11)12;1-5-7(3,4)6-2;1-2(3)4;1-5-6(2,3)4/h3-5H,1-2H3;2-5H,1H3;1-2H3;1H3;1H3,(H,2,3,4)/q+1;;;;/p-1. The van der Waals surface area contributed by atoms with E-state index < -0.39 is 54.6 Å². The van der Waals surface area contributed by atoms with Crippen molar-refractivity contribution in [1.29, 1.82) is 0 Å². The van der Waals surface area contributed by atoms with Crippen LogP contribution in [0.2, 0.25) is 0 Å². The molecule has 18 nitrogen and oxygen atoms in total. The fraction of sp³-hybridized carbons (Fsp3) is 0.391. The highest BCUT2D eigenvalue weighted by molar-refractivity contribution is 7.81. The molecule has 0 saturated heterocycles. The van der Waals surface area contributed by atoms with Crippen LogP contribution in [0.5, 0.6) is 0 Å². The number of hydrogen-bond donors (Lipinski definition) is 0. The van der Waals surface area contributed by atoms with Gasteiger partial charge >= 0.3 is 28.6 Å². The normalized spacial score (nSPS) is 11.6. The van der Waals surface area contributed by atoms with Gasteiger partial charge in [0.25, 0.3) is 5.69 Å². The number of imidazole rings is 2. The molecule has 0 spiro atoms. The lowest BCUT2D eigenvalue weighted by molar-refractivity contribution is -0.667. The third-order valence-electron chi connectivity index (χ3n) is 5.43. The molecule has 0 N–H and O–H groups in total. The Bertz CT molecular complexity index is 1950. The van der Waals surface area contributed by atoms with Crippen LogP contribution < -0.4 is 4.57 Å². The van der Waals surface area contributed by atoms with Crippen molar-refractivity contribution in [3.8, 4) is 0 Å². The number of hydrogen-bond acceptors (Lipinski definition) is 13. The van der Waals surface area contributed by atoms with Crippen LogP contribution in [0.25, 0.3) is 22.1 Å². The molecule has 4 rings (SSSR count). The largest absolute Gasteiger partial charge is 0.726 e. The minimum atomic E-state index is -4.52. The molecule has 4 aromatic rings. The van der Waals surface area contributed by atoms with Gasteiger partial charge in [-0.15, -0.1) is 0 Å². The minimum absolute atomic E-state index is 0.166. The van der Waals surface area contributed by atoms with E-state index in [0.717, 1.165) is 48.1 Å². The fourth-order valence-corrected chi connectivity index (χ4v) is 3.61. The average molecular weight is 759 g/mol. The predicted molar refractivity (Wildman–Crippen MR) is 154 cm³/mol. The number of halogens is 6. The van der Waals surface area contributed by atoms with Crippen LogP contribution in [-0.2, 0) is 66.8 Å². The monoisotopic (exact) mass is 758 g/mol. The summed E-state index contributed by atoms with van der Waals surface area (Å²) in [6.07, 6.45) is -8.91. The molecular weight excluding hydrogens is 730 g/mol. The number of nitro benzene ring substituents is 1. The van der Waals surface area contributed by atoms with E-state index in [4.69, 9.17) is 10.1 Å². The van der Waals surface area contributed by atoms with Crippen molar-refractivity contribution in [2.75, 3.05) is 28.4 Å². The van der Waals surface area contributed by atoms with Crippen molar-refractivity contribution in [1.82, 2.24) is 14.1 Å². The van der Waals surface area contributed by atoms with Crippen molar-refractivity contribution < 1.29 is 74.7 Å². The number of nitro groups is 2. The Hall–Kier alpha value is -4.50. The van der Waals surface area contributed by atoms with Crippen LogP contribution in [0.15, 0.2) is 42.5 Å². The van der Waals surface area contributed by atoms with Gasteiger partial charge in [-0.05, 0) is 18.2 Å². The fourth-order valence-electron chi connectivity index (χ4n) is 3.48. The molecule has 2 aromatic heterocycles. The molecule has 0 amide bonds. The van der Waals surface area contributed by atoms with Crippen LogP contribution in [0, 0.1) is 20.2 Å². The molecule has 0 aliphatic heterocycles. The van der Waals surface area contributed by atoms with Gasteiger partial charge in [0.15, 0.2) is 18.1 Å². The third-order valence-corrected chi connectivity index (χ3v) is 6.66. The first-order chi connectivity index (χ1) is 22.1. The molecule has 0 radical (unpaired) electrons. The van der Waals surface area contributed by atoms with Gasteiger partial charge in [0.05, 0.1) is 57.4 Å². The number of non-ortho nitro benzene ring substituents is 1. The molecule has 0 fully saturated rings. The van der Waals surface area contributed by atoms with E-state index >= 15 is 0 Å². The topological polar surface area (TPSA) is 232 Å². The molecule has 0 aliphatic rings. The molecule has 2 heterocycles. The number of rotatable bonds is 4. The number of benzene rings is 2. The minimum Gasteiger partial charge on any atom is -0.726 e. The maximum atomic E-state index is 12.8. The quantitative estimate of drug-likeness (QED) is 0.0728. The van der Waals surface area contributed by atoms with Crippen molar-refractivity contribution in [2.45, 2.75) is 12.4 Å². The zero-order valence-corrected chi connectivity index (χ0v) is 27.8. The van der Waals surface area contributed by atoms with Gasteiger partial charge in [-0.3, -0.25) is 32.8 Å². The molecule has 276 valence electrons. The molecular formula is C23H28F6N6O12S2. The van der Waals surface area contributed by atoms with Crippen molar-refractivity contribution >= 4 is 48.6 Å². The predicted octanol–water partition coefficient (Wildman–Crippen LogP) is 3.03. The van der Waals surface area contributed by atoms with Crippen molar-refractivity contribution in [3.63, 3.8) is 0 Å². The number of para-hydroxylation sites is 2. The van der Waals surface area contributed by atoms with Gasteiger partial charge in [0, 0.05) is 18.0 Å². The summed E-state index contributed by atoms with van der Waals surface area (Å²) < 4.78 is 137. The lowest BCUT2D eigenvalue weighted by atomic mass is 10.3. The number of alkyl halides is 6. The van der Waals surface area contributed by atoms with Crippen LogP contribution >= 0.6 is 0 Å². The number of aryl methyl sites for hydroxylation is 3.